The summed E-state index contributed by atoms with van der Waals surface area (Å²) in [6.45, 7) is 1.64. The molecule has 1 fully saturated rings. The Bertz CT molecular complexity index is 587. The van der Waals surface area contributed by atoms with E-state index in [1.807, 2.05) is 0 Å². The van der Waals surface area contributed by atoms with Crippen LogP contribution in [0.15, 0.2) is 33.6 Å². The third-order valence-electron chi connectivity index (χ3n) is 3.10. The first-order valence-electron chi connectivity index (χ1n) is 5.58. The van der Waals surface area contributed by atoms with Crippen molar-refractivity contribution in [3.63, 3.8) is 0 Å². The van der Waals surface area contributed by atoms with Gasteiger partial charge in [-0.1, -0.05) is 15.9 Å². The van der Waals surface area contributed by atoms with Gasteiger partial charge in [-0.15, -0.1) is 0 Å². The molecule has 1 saturated carbocycles. The first-order valence-corrected chi connectivity index (χ1v) is 7.86. The van der Waals surface area contributed by atoms with Gasteiger partial charge in [-0.3, -0.25) is 0 Å². The lowest BCUT2D eigenvalue weighted by Gasteiger charge is -2.22. The highest BCUT2D eigenvalue weighted by Gasteiger charge is 2.44. The zero-order chi connectivity index (χ0) is 13.4. The average molecular weight is 329 g/mol. The molecule has 1 atom stereocenters. The molecule has 18 heavy (non-hydrogen) atoms. The molecule has 1 aliphatic rings. The third-order valence-corrected chi connectivity index (χ3v) is 5.21. The average Bonchev–Trinajstić information content (AvgIpc) is 3.13. The first kappa shape index (κ1) is 13.5. The lowest BCUT2D eigenvalue weighted by molar-refractivity contribution is 0.458. The number of sulfonamides is 1. The molecular weight excluding hydrogens is 316 g/mol. The van der Waals surface area contributed by atoms with Crippen molar-refractivity contribution in [3.05, 3.63) is 28.7 Å². The van der Waals surface area contributed by atoms with Crippen molar-refractivity contribution in [1.29, 1.82) is 5.26 Å². The fourth-order valence-corrected chi connectivity index (χ4v) is 3.46. The maximum atomic E-state index is 12.2. The fraction of sp³-hybridized carbons (Fsp3) is 0.417. The van der Waals surface area contributed by atoms with E-state index in [1.54, 1.807) is 19.1 Å². The van der Waals surface area contributed by atoms with Gasteiger partial charge in [-0.2, -0.15) is 9.98 Å². The van der Waals surface area contributed by atoms with Crippen molar-refractivity contribution in [3.8, 4) is 6.07 Å². The molecule has 1 aromatic rings. The molecule has 1 N–H and O–H groups in total. The number of halogens is 1. The second-order valence-electron chi connectivity index (χ2n) is 4.65. The summed E-state index contributed by atoms with van der Waals surface area (Å²) in [5, 5.41) is 9.17. The van der Waals surface area contributed by atoms with Gasteiger partial charge in [0.05, 0.1) is 11.0 Å². The molecule has 6 heteroatoms. The van der Waals surface area contributed by atoms with Crippen LogP contribution in [0, 0.1) is 17.2 Å². The predicted octanol–water partition coefficient (Wildman–Crippen LogP) is 2.42. The van der Waals surface area contributed by atoms with E-state index in [1.165, 1.54) is 12.1 Å². The topological polar surface area (TPSA) is 70.0 Å². The summed E-state index contributed by atoms with van der Waals surface area (Å²) in [5.74, 6) is 0.118. The summed E-state index contributed by atoms with van der Waals surface area (Å²) in [6.07, 6.45) is 1.79. The van der Waals surface area contributed by atoms with Crippen LogP contribution >= 0.6 is 15.9 Å². The van der Waals surface area contributed by atoms with Gasteiger partial charge in [0.1, 0.15) is 5.54 Å². The van der Waals surface area contributed by atoms with E-state index < -0.39 is 15.6 Å². The molecule has 2 rings (SSSR count). The summed E-state index contributed by atoms with van der Waals surface area (Å²) < 4.78 is 27.7. The summed E-state index contributed by atoms with van der Waals surface area (Å²) in [6, 6.07) is 8.42. The Labute approximate surface area is 115 Å². The molecule has 0 heterocycles. The Morgan fingerprint density at radius 1 is 1.39 bits per heavy atom. The summed E-state index contributed by atoms with van der Waals surface area (Å²) in [4.78, 5) is 0.174. The Balaban J connectivity index is 2.27. The number of nitrogens with zero attached hydrogens (tertiary/aromatic N) is 1. The monoisotopic (exact) mass is 328 g/mol. The number of benzene rings is 1. The minimum atomic E-state index is -3.65. The molecular formula is C12H13BrN2O2S. The van der Waals surface area contributed by atoms with Crippen LogP contribution in [0.1, 0.15) is 19.8 Å². The maximum Gasteiger partial charge on any atom is 0.241 e. The molecule has 0 amide bonds. The molecule has 4 nitrogen and oxygen atoms in total. The van der Waals surface area contributed by atoms with Crippen molar-refractivity contribution >= 4 is 26.0 Å². The van der Waals surface area contributed by atoms with Gasteiger partial charge in [-0.25, -0.2) is 8.42 Å². The first-order chi connectivity index (χ1) is 8.37. The van der Waals surface area contributed by atoms with Crippen molar-refractivity contribution in [2.24, 2.45) is 5.92 Å². The van der Waals surface area contributed by atoms with Crippen molar-refractivity contribution in [1.82, 2.24) is 4.72 Å². The molecule has 1 aromatic carbocycles. The molecule has 0 aliphatic heterocycles. The van der Waals surface area contributed by atoms with E-state index in [4.69, 9.17) is 5.26 Å². The van der Waals surface area contributed by atoms with Gasteiger partial charge in [0.15, 0.2) is 0 Å². The Morgan fingerprint density at radius 2 is 1.94 bits per heavy atom. The van der Waals surface area contributed by atoms with Gasteiger partial charge >= 0.3 is 0 Å². The third kappa shape index (κ3) is 2.74. The normalized spacial score (nSPS) is 18.9. The highest BCUT2D eigenvalue weighted by atomic mass is 79.9. The molecule has 0 bridgehead atoms. The van der Waals surface area contributed by atoms with E-state index in [9.17, 15) is 8.42 Å². The number of hydrogen-bond acceptors (Lipinski definition) is 3. The highest BCUT2D eigenvalue weighted by molar-refractivity contribution is 9.10. The minimum absolute atomic E-state index is 0.118. The molecule has 0 spiro atoms. The lowest BCUT2D eigenvalue weighted by atomic mass is 10.0. The zero-order valence-electron chi connectivity index (χ0n) is 9.85. The van der Waals surface area contributed by atoms with E-state index in [-0.39, 0.29) is 10.8 Å². The Hall–Kier alpha value is -0.900. The summed E-state index contributed by atoms with van der Waals surface area (Å²) in [5.41, 5.74) is -1.01. The number of nitrogens with one attached hydrogen (secondary N) is 1. The Morgan fingerprint density at radius 3 is 2.39 bits per heavy atom. The highest BCUT2D eigenvalue weighted by Crippen LogP contribution is 2.39. The van der Waals surface area contributed by atoms with Crippen LogP contribution in [0.3, 0.4) is 0 Å². The largest absolute Gasteiger partial charge is 0.241 e. The SMILES string of the molecule is C[C@](C#N)(NS(=O)(=O)c1ccc(Br)cc1)C1CC1. The zero-order valence-corrected chi connectivity index (χ0v) is 12.3. The van der Waals surface area contributed by atoms with Crippen molar-refractivity contribution in [2.45, 2.75) is 30.2 Å². The predicted molar refractivity (Wildman–Crippen MR) is 71.2 cm³/mol. The van der Waals surface area contributed by atoms with Crippen LogP contribution in [0.4, 0.5) is 0 Å². The summed E-state index contributed by atoms with van der Waals surface area (Å²) in [7, 11) is -3.65. The van der Waals surface area contributed by atoms with Crippen LogP contribution in [0.25, 0.3) is 0 Å². The Kier molecular flexibility index (Phi) is 3.49. The van der Waals surface area contributed by atoms with E-state index in [0.29, 0.717) is 0 Å². The molecule has 0 radical (unpaired) electrons. The lowest BCUT2D eigenvalue weighted by Crippen LogP contribution is -2.46. The van der Waals surface area contributed by atoms with Gasteiger partial charge in [0.25, 0.3) is 0 Å². The van der Waals surface area contributed by atoms with Gasteiger partial charge in [0.2, 0.25) is 10.0 Å². The van der Waals surface area contributed by atoms with Crippen LogP contribution < -0.4 is 4.72 Å². The summed E-state index contributed by atoms with van der Waals surface area (Å²) >= 11 is 3.25. The molecule has 0 saturated heterocycles. The standard InChI is InChI=1S/C12H13BrN2O2S/c1-12(8-14,9-2-3-9)15-18(16,17)11-6-4-10(13)5-7-11/h4-7,9,15H,2-3H2,1H3/t12-/m1/s1. The van der Waals surface area contributed by atoms with Crippen molar-refractivity contribution < 1.29 is 8.42 Å². The molecule has 1 aliphatic carbocycles. The second-order valence-corrected chi connectivity index (χ2v) is 7.25. The number of hydrogen-bond donors (Lipinski definition) is 1. The van der Waals surface area contributed by atoms with Gasteiger partial charge in [-0.05, 0) is 49.9 Å². The molecule has 0 unspecified atom stereocenters. The quantitative estimate of drug-likeness (QED) is 0.922. The van der Waals surface area contributed by atoms with Crippen LogP contribution in [-0.2, 0) is 10.0 Å². The van der Waals surface area contributed by atoms with Crippen LogP contribution in [0.2, 0.25) is 0 Å². The van der Waals surface area contributed by atoms with E-state index in [2.05, 4.69) is 26.7 Å². The smallest absolute Gasteiger partial charge is 0.207 e. The minimum Gasteiger partial charge on any atom is -0.207 e. The number of nitriles is 1. The second kappa shape index (κ2) is 4.65. The van der Waals surface area contributed by atoms with E-state index in [0.717, 1.165) is 17.3 Å². The van der Waals surface area contributed by atoms with Gasteiger partial charge in [0, 0.05) is 4.47 Å². The number of rotatable bonds is 4. The fourth-order valence-electron chi connectivity index (χ4n) is 1.81. The maximum absolute atomic E-state index is 12.2. The van der Waals surface area contributed by atoms with Gasteiger partial charge < -0.3 is 0 Å². The van der Waals surface area contributed by atoms with E-state index >= 15 is 0 Å². The molecule has 0 aromatic heterocycles. The molecule has 96 valence electrons. The van der Waals surface area contributed by atoms with Crippen LogP contribution in [0.5, 0.6) is 0 Å². The van der Waals surface area contributed by atoms with Crippen LogP contribution in [-0.4, -0.2) is 14.0 Å². The van der Waals surface area contributed by atoms with Crippen molar-refractivity contribution in [2.75, 3.05) is 0 Å².